The third-order valence-electron chi connectivity index (χ3n) is 3.85. The molecular weight excluding hydrogens is 251 g/mol. The Morgan fingerprint density at radius 3 is 2.70 bits per heavy atom. The second-order valence-corrected chi connectivity index (χ2v) is 5.02. The van der Waals surface area contributed by atoms with Crippen molar-refractivity contribution in [3.63, 3.8) is 0 Å². The number of hydrogen-bond donors (Lipinski definition) is 0. The van der Waals surface area contributed by atoms with Crippen molar-refractivity contribution in [1.29, 1.82) is 0 Å². The maximum absolute atomic E-state index is 14.3. The maximum atomic E-state index is 14.3. The van der Waals surface area contributed by atoms with Crippen molar-refractivity contribution < 1.29 is 4.39 Å². The van der Waals surface area contributed by atoms with Crippen LogP contribution in [0.15, 0.2) is 54.7 Å². The van der Waals surface area contributed by atoms with Crippen LogP contribution in [-0.2, 0) is 13.0 Å². The molecule has 3 aromatic rings. The van der Waals surface area contributed by atoms with E-state index in [1.54, 1.807) is 6.07 Å². The van der Waals surface area contributed by atoms with Crippen LogP contribution in [0.5, 0.6) is 0 Å². The number of nitrogens with zero attached hydrogens (tertiary/aromatic N) is 2. The first-order valence-electron chi connectivity index (χ1n) is 6.73. The van der Waals surface area contributed by atoms with Crippen LogP contribution in [0.3, 0.4) is 0 Å². The van der Waals surface area contributed by atoms with Crippen molar-refractivity contribution in [2.45, 2.75) is 13.0 Å². The first-order valence-corrected chi connectivity index (χ1v) is 6.73. The van der Waals surface area contributed by atoms with Gasteiger partial charge in [-0.2, -0.15) is 5.10 Å². The molecule has 1 aliphatic rings. The molecule has 0 radical (unpaired) electrons. The highest BCUT2D eigenvalue weighted by Crippen LogP contribution is 2.38. The Bertz CT molecular complexity index is 775. The van der Waals surface area contributed by atoms with Gasteiger partial charge in [-0.25, -0.2) is 4.39 Å². The zero-order valence-corrected chi connectivity index (χ0v) is 10.9. The molecule has 4 rings (SSSR count). The molecule has 0 bridgehead atoms. The molecule has 0 unspecified atom stereocenters. The summed E-state index contributed by atoms with van der Waals surface area (Å²) in [7, 11) is 0. The lowest BCUT2D eigenvalue weighted by atomic mass is 9.93. The normalized spacial score (nSPS) is 12.8. The Labute approximate surface area is 116 Å². The Hall–Kier alpha value is -2.42. The molecular formula is C17H13FN2. The van der Waals surface area contributed by atoms with Crippen LogP contribution in [0.4, 0.5) is 4.39 Å². The number of rotatable bonds is 1. The number of benzene rings is 2. The summed E-state index contributed by atoms with van der Waals surface area (Å²) in [5, 5.41) is 4.42. The van der Waals surface area contributed by atoms with E-state index in [2.05, 4.69) is 5.10 Å². The highest BCUT2D eigenvalue weighted by Gasteiger charge is 2.24. The smallest absolute Gasteiger partial charge is 0.132 e. The molecule has 0 N–H and O–H groups in total. The van der Waals surface area contributed by atoms with E-state index >= 15 is 0 Å². The third kappa shape index (κ3) is 1.59. The zero-order chi connectivity index (χ0) is 13.5. The molecule has 0 atom stereocenters. The lowest BCUT2D eigenvalue weighted by molar-refractivity contribution is 0.583. The first kappa shape index (κ1) is 11.4. The second-order valence-electron chi connectivity index (χ2n) is 5.02. The Kier molecular flexibility index (Phi) is 2.46. The van der Waals surface area contributed by atoms with E-state index in [-0.39, 0.29) is 5.82 Å². The van der Waals surface area contributed by atoms with Gasteiger partial charge in [-0.15, -0.1) is 0 Å². The Morgan fingerprint density at radius 1 is 1.00 bits per heavy atom. The summed E-state index contributed by atoms with van der Waals surface area (Å²) >= 11 is 0. The summed E-state index contributed by atoms with van der Waals surface area (Å²) in [4.78, 5) is 0. The molecule has 20 heavy (non-hydrogen) atoms. The van der Waals surface area contributed by atoms with Gasteiger partial charge in [0.2, 0.25) is 0 Å². The molecule has 2 nitrogen and oxygen atoms in total. The minimum Gasteiger partial charge on any atom is -0.264 e. The van der Waals surface area contributed by atoms with Gasteiger partial charge < -0.3 is 0 Å². The van der Waals surface area contributed by atoms with Crippen molar-refractivity contribution >= 4 is 0 Å². The molecule has 0 saturated heterocycles. The van der Waals surface area contributed by atoms with E-state index in [9.17, 15) is 4.39 Å². The number of fused-ring (bicyclic) bond motifs is 3. The summed E-state index contributed by atoms with van der Waals surface area (Å²) in [6, 6.07) is 15.3. The van der Waals surface area contributed by atoms with Gasteiger partial charge >= 0.3 is 0 Å². The van der Waals surface area contributed by atoms with E-state index < -0.39 is 0 Å². The minimum absolute atomic E-state index is 0.166. The molecule has 1 aromatic heterocycles. The van der Waals surface area contributed by atoms with Crippen molar-refractivity contribution in [3.05, 3.63) is 66.1 Å². The monoisotopic (exact) mass is 264 g/mol. The van der Waals surface area contributed by atoms with Crippen molar-refractivity contribution in [1.82, 2.24) is 9.78 Å². The average Bonchev–Trinajstić information content (AvgIpc) is 2.92. The lowest BCUT2D eigenvalue weighted by Gasteiger charge is -2.20. The molecule has 98 valence electrons. The number of aryl methyl sites for hydroxylation is 2. The van der Waals surface area contributed by atoms with Crippen LogP contribution in [0, 0.1) is 5.82 Å². The van der Waals surface area contributed by atoms with Gasteiger partial charge in [0, 0.05) is 17.7 Å². The maximum Gasteiger partial charge on any atom is 0.132 e. The van der Waals surface area contributed by atoms with Crippen LogP contribution in [0.25, 0.3) is 22.4 Å². The third-order valence-corrected chi connectivity index (χ3v) is 3.85. The second kappa shape index (κ2) is 4.30. The highest BCUT2D eigenvalue weighted by atomic mass is 19.1. The molecule has 0 saturated carbocycles. The lowest BCUT2D eigenvalue weighted by Crippen LogP contribution is -2.13. The van der Waals surface area contributed by atoms with Gasteiger partial charge in [0.25, 0.3) is 0 Å². The Morgan fingerprint density at radius 2 is 1.85 bits per heavy atom. The molecule has 0 amide bonds. The average molecular weight is 264 g/mol. The van der Waals surface area contributed by atoms with Gasteiger partial charge in [0.15, 0.2) is 0 Å². The molecule has 2 heterocycles. The largest absolute Gasteiger partial charge is 0.264 e. The Balaban J connectivity index is 2.01. The summed E-state index contributed by atoms with van der Waals surface area (Å²) in [6.07, 6.45) is 2.67. The van der Waals surface area contributed by atoms with Gasteiger partial charge in [0.1, 0.15) is 5.82 Å². The van der Waals surface area contributed by atoms with Crippen molar-refractivity contribution in [2.75, 3.05) is 0 Å². The number of halogens is 1. The van der Waals surface area contributed by atoms with Gasteiger partial charge in [0.05, 0.1) is 11.9 Å². The summed E-state index contributed by atoms with van der Waals surface area (Å²) in [6.45, 7) is 0.804. The summed E-state index contributed by atoms with van der Waals surface area (Å²) in [5.74, 6) is -0.166. The highest BCUT2D eigenvalue weighted by molar-refractivity contribution is 5.83. The molecule has 2 aromatic carbocycles. The van der Waals surface area contributed by atoms with E-state index in [1.165, 1.54) is 6.07 Å². The summed E-state index contributed by atoms with van der Waals surface area (Å²) < 4.78 is 16.2. The fourth-order valence-corrected chi connectivity index (χ4v) is 2.92. The van der Waals surface area contributed by atoms with E-state index in [1.807, 2.05) is 47.3 Å². The summed E-state index contributed by atoms with van der Waals surface area (Å²) in [5.41, 5.74) is 4.74. The van der Waals surface area contributed by atoms with E-state index in [4.69, 9.17) is 0 Å². The van der Waals surface area contributed by atoms with E-state index in [0.717, 1.165) is 35.3 Å². The molecule has 1 aliphatic heterocycles. The van der Waals surface area contributed by atoms with Crippen LogP contribution in [-0.4, -0.2) is 9.78 Å². The minimum atomic E-state index is -0.166. The fraction of sp³-hybridized carbons (Fsp3) is 0.118. The fourth-order valence-electron chi connectivity index (χ4n) is 2.92. The quantitative estimate of drug-likeness (QED) is 0.651. The topological polar surface area (TPSA) is 17.8 Å². The molecule has 0 spiro atoms. The van der Waals surface area contributed by atoms with Crippen molar-refractivity contribution in [2.24, 2.45) is 0 Å². The number of hydrogen-bond acceptors (Lipinski definition) is 1. The van der Waals surface area contributed by atoms with Crippen LogP contribution >= 0.6 is 0 Å². The van der Waals surface area contributed by atoms with Gasteiger partial charge in [-0.05, 0) is 23.6 Å². The van der Waals surface area contributed by atoms with Crippen LogP contribution in [0.2, 0.25) is 0 Å². The SMILES string of the molecule is Fc1cccc2c1-c1c(-c3ccccc3)cnn1CC2. The van der Waals surface area contributed by atoms with Crippen molar-refractivity contribution in [3.8, 4) is 22.4 Å². The van der Waals surface area contributed by atoms with Crippen LogP contribution < -0.4 is 0 Å². The molecule has 3 heteroatoms. The number of aromatic nitrogens is 2. The predicted molar refractivity (Wildman–Crippen MR) is 76.8 cm³/mol. The molecule has 0 aliphatic carbocycles. The van der Waals surface area contributed by atoms with Gasteiger partial charge in [-0.3, -0.25) is 4.68 Å². The molecule has 0 fully saturated rings. The van der Waals surface area contributed by atoms with Gasteiger partial charge in [-0.1, -0.05) is 42.5 Å². The zero-order valence-electron chi connectivity index (χ0n) is 10.9. The van der Waals surface area contributed by atoms with Crippen LogP contribution in [0.1, 0.15) is 5.56 Å². The first-order chi connectivity index (χ1) is 9.84. The van der Waals surface area contributed by atoms with E-state index in [0.29, 0.717) is 5.56 Å². The predicted octanol–water partition coefficient (Wildman–Crippen LogP) is 3.91. The standard InChI is InChI=1S/C17H13FN2/c18-15-8-4-7-13-9-10-20-17(16(13)15)14(11-19-20)12-5-2-1-3-6-12/h1-8,11H,9-10H2.